The van der Waals surface area contributed by atoms with Crippen molar-refractivity contribution in [2.24, 2.45) is 0 Å². The largest absolute Gasteiger partial charge is 0.462 e. The molecule has 4 heteroatoms. The van der Waals surface area contributed by atoms with Gasteiger partial charge in [-0.3, -0.25) is 4.79 Å². The molecule has 2 aliphatic rings. The van der Waals surface area contributed by atoms with Crippen molar-refractivity contribution in [1.29, 1.82) is 0 Å². The molecule has 1 fully saturated rings. The van der Waals surface area contributed by atoms with Crippen LogP contribution in [0.3, 0.4) is 0 Å². The second-order valence-electron chi connectivity index (χ2n) is 4.61. The van der Waals surface area contributed by atoms with Gasteiger partial charge in [-0.15, -0.1) is 0 Å². The summed E-state index contributed by atoms with van der Waals surface area (Å²) in [6, 6.07) is 7.24. The SMILES string of the molecule is C[C@@H]1CC2(CC(=O)O1)OC(=O)c1ccccc12. The van der Waals surface area contributed by atoms with E-state index in [0.29, 0.717) is 12.0 Å². The topological polar surface area (TPSA) is 52.6 Å². The average Bonchev–Trinajstić information content (AvgIpc) is 2.51. The fourth-order valence-corrected chi connectivity index (χ4v) is 2.71. The van der Waals surface area contributed by atoms with Crippen LogP contribution in [0.5, 0.6) is 0 Å². The lowest BCUT2D eigenvalue weighted by molar-refractivity contribution is -0.168. The highest BCUT2D eigenvalue weighted by atomic mass is 16.6. The van der Waals surface area contributed by atoms with Crippen LogP contribution in [0, 0.1) is 0 Å². The second kappa shape index (κ2) is 3.32. The van der Waals surface area contributed by atoms with Crippen LogP contribution in [-0.2, 0) is 19.9 Å². The van der Waals surface area contributed by atoms with Gasteiger partial charge >= 0.3 is 11.9 Å². The van der Waals surface area contributed by atoms with Crippen molar-refractivity contribution in [3.8, 4) is 0 Å². The third kappa shape index (κ3) is 1.44. The molecular formula is C13H12O4. The maximum absolute atomic E-state index is 11.8. The van der Waals surface area contributed by atoms with Crippen LogP contribution < -0.4 is 0 Å². The Labute approximate surface area is 98.5 Å². The van der Waals surface area contributed by atoms with E-state index in [1.807, 2.05) is 19.1 Å². The monoisotopic (exact) mass is 232 g/mol. The van der Waals surface area contributed by atoms with Gasteiger partial charge in [0.2, 0.25) is 0 Å². The summed E-state index contributed by atoms with van der Waals surface area (Å²) in [4.78, 5) is 23.3. The highest BCUT2D eigenvalue weighted by Crippen LogP contribution is 2.45. The average molecular weight is 232 g/mol. The van der Waals surface area contributed by atoms with Crippen molar-refractivity contribution in [1.82, 2.24) is 0 Å². The van der Waals surface area contributed by atoms with Crippen LogP contribution in [0.1, 0.15) is 35.7 Å². The first-order valence-electron chi connectivity index (χ1n) is 5.63. The van der Waals surface area contributed by atoms with E-state index in [2.05, 4.69) is 0 Å². The number of fused-ring (bicyclic) bond motifs is 2. The Morgan fingerprint density at radius 3 is 2.82 bits per heavy atom. The zero-order valence-electron chi connectivity index (χ0n) is 9.43. The summed E-state index contributed by atoms with van der Waals surface area (Å²) in [5, 5.41) is 0. The molecule has 0 amide bonds. The number of hydrogen-bond acceptors (Lipinski definition) is 4. The molecule has 2 atom stereocenters. The van der Waals surface area contributed by atoms with Gasteiger partial charge in [-0.05, 0) is 13.0 Å². The minimum atomic E-state index is -0.803. The van der Waals surface area contributed by atoms with Gasteiger partial charge in [-0.1, -0.05) is 18.2 Å². The molecule has 0 radical (unpaired) electrons. The maximum Gasteiger partial charge on any atom is 0.339 e. The van der Waals surface area contributed by atoms with Crippen molar-refractivity contribution < 1.29 is 19.1 Å². The highest BCUT2D eigenvalue weighted by molar-refractivity contribution is 5.95. The first-order chi connectivity index (χ1) is 8.11. The molecule has 0 aliphatic carbocycles. The third-order valence-electron chi connectivity index (χ3n) is 3.31. The molecule has 3 rings (SSSR count). The maximum atomic E-state index is 11.8. The first-order valence-corrected chi connectivity index (χ1v) is 5.63. The van der Waals surface area contributed by atoms with E-state index >= 15 is 0 Å². The number of rotatable bonds is 0. The molecule has 0 saturated carbocycles. The molecule has 0 N–H and O–H groups in total. The third-order valence-corrected chi connectivity index (χ3v) is 3.31. The van der Waals surface area contributed by atoms with Crippen LogP contribution >= 0.6 is 0 Å². The fourth-order valence-electron chi connectivity index (χ4n) is 2.71. The zero-order valence-corrected chi connectivity index (χ0v) is 9.43. The van der Waals surface area contributed by atoms with Crippen LogP contribution in [0.15, 0.2) is 24.3 Å². The van der Waals surface area contributed by atoms with Crippen LogP contribution in [0.25, 0.3) is 0 Å². The van der Waals surface area contributed by atoms with Gasteiger partial charge in [-0.2, -0.15) is 0 Å². The lowest BCUT2D eigenvalue weighted by Crippen LogP contribution is -2.40. The van der Waals surface area contributed by atoms with E-state index < -0.39 is 5.60 Å². The van der Waals surface area contributed by atoms with Crippen LogP contribution in [-0.4, -0.2) is 18.0 Å². The smallest absolute Gasteiger partial charge is 0.339 e. The number of cyclic esters (lactones) is 1. The zero-order chi connectivity index (χ0) is 12.0. The van der Waals surface area contributed by atoms with Crippen molar-refractivity contribution in [3.05, 3.63) is 35.4 Å². The molecule has 0 bridgehead atoms. The molecule has 4 nitrogen and oxygen atoms in total. The van der Waals surface area contributed by atoms with Gasteiger partial charge in [-0.25, -0.2) is 4.79 Å². The van der Waals surface area contributed by atoms with Gasteiger partial charge in [0, 0.05) is 12.0 Å². The Morgan fingerprint density at radius 2 is 2.06 bits per heavy atom. The Balaban J connectivity index is 2.10. The minimum absolute atomic E-state index is 0.111. The number of ether oxygens (including phenoxy) is 2. The number of carbonyl (C=O) groups excluding carboxylic acids is 2. The Hall–Kier alpha value is -1.84. The molecule has 1 unspecified atom stereocenters. The van der Waals surface area contributed by atoms with E-state index in [-0.39, 0.29) is 24.5 Å². The van der Waals surface area contributed by atoms with Crippen LogP contribution in [0.4, 0.5) is 0 Å². The summed E-state index contributed by atoms with van der Waals surface area (Å²) in [5.41, 5.74) is 0.575. The number of benzene rings is 1. The summed E-state index contributed by atoms with van der Waals surface area (Å²) >= 11 is 0. The summed E-state index contributed by atoms with van der Waals surface area (Å²) in [6.45, 7) is 1.81. The number of esters is 2. The molecule has 2 heterocycles. The summed E-state index contributed by atoms with van der Waals surface area (Å²) in [6.07, 6.45) is 0.414. The molecule has 1 aromatic rings. The predicted molar refractivity (Wildman–Crippen MR) is 58.3 cm³/mol. The predicted octanol–water partition coefficient (Wildman–Crippen LogP) is 1.78. The number of carbonyl (C=O) groups is 2. The standard InChI is InChI=1S/C13H12O4/c1-8-6-13(7-11(14)16-8)10-5-3-2-4-9(10)12(15)17-13/h2-5,8H,6-7H2,1H3/t8-,13?/m1/s1. The van der Waals surface area contributed by atoms with Crippen molar-refractivity contribution in [2.75, 3.05) is 0 Å². The first kappa shape index (κ1) is 10.3. The Morgan fingerprint density at radius 1 is 1.29 bits per heavy atom. The summed E-state index contributed by atoms with van der Waals surface area (Å²) < 4.78 is 10.6. The van der Waals surface area contributed by atoms with Crippen molar-refractivity contribution in [2.45, 2.75) is 31.5 Å². The number of hydrogen-bond donors (Lipinski definition) is 0. The van der Waals surface area contributed by atoms with Gasteiger partial charge in [0.1, 0.15) is 6.10 Å². The molecule has 2 aliphatic heterocycles. The van der Waals surface area contributed by atoms with Crippen molar-refractivity contribution >= 4 is 11.9 Å². The molecule has 1 saturated heterocycles. The lowest BCUT2D eigenvalue weighted by atomic mass is 9.83. The quantitative estimate of drug-likeness (QED) is 0.640. The Bertz CT molecular complexity index is 504. The van der Waals surface area contributed by atoms with E-state index in [9.17, 15) is 9.59 Å². The molecule has 17 heavy (non-hydrogen) atoms. The van der Waals surface area contributed by atoms with E-state index in [4.69, 9.17) is 9.47 Å². The lowest BCUT2D eigenvalue weighted by Gasteiger charge is -2.34. The van der Waals surface area contributed by atoms with Gasteiger partial charge in [0.15, 0.2) is 5.60 Å². The van der Waals surface area contributed by atoms with E-state index in [0.717, 1.165) is 5.56 Å². The fraction of sp³-hybridized carbons (Fsp3) is 0.385. The highest BCUT2D eigenvalue weighted by Gasteiger charge is 2.50. The van der Waals surface area contributed by atoms with E-state index in [1.54, 1.807) is 12.1 Å². The van der Waals surface area contributed by atoms with Crippen LogP contribution in [0.2, 0.25) is 0 Å². The normalized spacial score (nSPS) is 31.0. The van der Waals surface area contributed by atoms with Crippen molar-refractivity contribution in [3.63, 3.8) is 0 Å². The van der Waals surface area contributed by atoms with E-state index in [1.165, 1.54) is 0 Å². The Kier molecular flexibility index (Phi) is 2.02. The molecule has 1 aromatic carbocycles. The molecule has 88 valence electrons. The summed E-state index contributed by atoms with van der Waals surface area (Å²) in [7, 11) is 0. The summed E-state index contributed by atoms with van der Waals surface area (Å²) in [5.74, 6) is -0.657. The van der Waals surface area contributed by atoms with Gasteiger partial charge < -0.3 is 9.47 Å². The second-order valence-corrected chi connectivity index (χ2v) is 4.61. The molecular weight excluding hydrogens is 220 g/mol. The molecule has 0 aromatic heterocycles. The molecule has 1 spiro atoms. The minimum Gasteiger partial charge on any atom is -0.462 e. The van der Waals surface area contributed by atoms with Gasteiger partial charge in [0.25, 0.3) is 0 Å². The van der Waals surface area contributed by atoms with Gasteiger partial charge in [0.05, 0.1) is 12.0 Å².